The molecule has 1 N–H and O–H groups in total. The summed E-state index contributed by atoms with van der Waals surface area (Å²) in [4.78, 5) is 29.5. The Balaban J connectivity index is 1.76. The highest BCUT2D eigenvalue weighted by molar-refractivity contribution is 7.09. The first-order chi connectivity index (χ1) is 11.6. The molecule has 0 bridgehead atoms. The standard InChI is InChI=1S/C17H18N2O4S/c20-15(21)10-19(9-12-5-2-1-3-6-12)17(22)13-11-24-16(18-13)14-7-4-8-23-14/h1-3,5-6,11,14H,4,7-10H2,(H,20,21). The van der Waals surface area contributed by atoms with Gasteiger partial charge in [-0.2, -0.15) is 0 Å². The molecule has 7 heteroatoms. The van der Waals surface area contributed by atoms with E-state index in [4.69, 9.17) is 9.84 Å². The second-order valence-electron chi connectivity index (χ2n) is 5.61. The van der Waals surface area contributed by atoms with E-state index in [0.717, 1.165) is 23.4 Å². The van der Waals surface area contributed by atoms with Crippen LogP contribution in [-0.4, -0.2) is 40.0 Å². The average molecular weight is 346 g/mol. The maximum Gasteiger partial charge on any atom is 0.323 e. The quantitative estimate of drug-likeness (QED) is 0.870. The number of nitrogens with zero attached hydrogens (tertiary/aromatic N) is 2. The van der Waals surface area contributed by atoms with Crippen LogP contribution >= 0.6 is 11.3 Å². The van der Waals surface area contributed by atoms with Gasteiger partial charge >= 0.3 is 5.97 Å². The zero-order chi connectivity index (χ0) is 16.9. The maximum atomic E-state index is 12.7. The fourth-order valence-corrected chi connectivity index (χ4v) is 3.51. The molecule has 1 amide bonds. The lowest BCUT2D eigenvalue weighted by Gasteiger charge is -2.19. The molecule has 1 aliphatic rings. The van der Waals surface area contributed by atoms with Crippen LogP contribution in [-0.2, 0) is 16.1 Å². The SMILES string of the molecule is O=C(O)CN(Cc1ccccc1)C(=O)c1csc(C2CCCO2)n1. The van der Waals surface area contributed by atoms with Gasteiger partial charge in [-0.15, -0.1) is 11.3 Å². The van der Waals surface area contributed by atoms with Gasteiger partial charge in [0.05, 0.1) is 0 Å². The molecule has 126 valence electrons. The molecule has 6 nitrogen and oxygen atoms in total. The summed E-state index contributed by atoms with van der Waals surface area (Å²) in [5.41, 5.74) is 1.16. The van der Waals surface area contributed by atoms with Crippen LogP contribution in [0.1, 0.15) is 40.0 Å². The summed E-state index contributed by atoms with van der Waals surface area (Å²) in [5.74, 6) is -1.42. The van der Waals surface area contributed by atoms with Crippen molar-refractivity contribution in [2.45, 2.75) is 25.5 Å². The fourth-order valence-electron chi connectivity index (χ4n) is 2.63. The first-order valence-electron chi connectivity index (χ1n) is 7.75. The van der Waals surface area contributed by atoms with Crippen molar-refractivity contribution in [1.29, 1.82) is 0 Å². The number of carboxylic acids is 1. The number of carboxylic acid groups (broad SMARTS) is 1. The van der Waals surface area contributed by atoms with E-state index in [0.29, 0.717) is 6.61 Å². The number of aliphatic carboxylic acids is 1. The second-order valence-corrected chi connectivity index (χ2v) is 6.50. The third-order valence-corrected chi connectivity index (χ3v) is 4.71. The number of carbonyl (C=O) groups excluding carboxylic acids is 1. The Morgan fingerprint density at radius 2 is 2.12 bits per heavy atom. The smallest absolute Gasteiger partial charge is 0.323 e. The van der Waals surface area contributed by atoms with Crippen molar-refractivity contribution in [3.63, 3.8) is 0 Å². The second kappa shape index (κ2) is 7.55. The molecule has 1 saturated heterocycles. The zero-order valence-electron chi connectivity index (χ0n) is 13.1. The molecule has 1 fully saturated rings. The van der Waals surface area contributed by atoms with E-state index in [-0.39, 0.29) is 30.8 Å². The summed E-state index contributed by atoms with van der Waals surface area (Å²) in [6.45, 7) is 0.589. The number of ether oxygens (including phenoxy) is 1. The van der Waals surface area contributed by atoms with E-state index in [1.807, 2.05) is 30.3 Å². The van der Waals surface area contributed by atoms with E-state index >= 15 is 0 Å². The molecule has 0 aliphatic carbocycles. The number of thiazole rings is 1. The number of amides is 1. The van der Waals surface area contributed by atoms with Crippen LogP contribution in [0.4, 0.5) is 0 Å². The molecule has 0 spiro atoms. The Morgan fingerprint density at radius 3 is 2.79 bits per heavy atom. The van der Waals surface area contributed by atoms with Gasteiger partial charge in [0, 0.05) is 18.5 Å². The van der Waals surface area contributed by atoms with Gasteiger partial charge in [-0.05, 0) is 18.4 Å². The molecule has 3 rings (SSSR count). The minimum absolute atomic E-state index is 0.0430. The summed E-state index contributed by atoms with van der Waals surface area (Å²) in [5, 5.41) is 11.6. The summed E-state index contributed by atoms with van der Waals surface area (Å²) >= 11 is 1.39. The monoisotopic (exact) mass is 346 g/mol. The molecule has 2 heterocycles. The van der Waals surface area contributed by atoms with Gasteiger partial charge < -0.3 is 14.7 Å². The van der Waals surface area contributed by atoms with E-state index in [9.17, 15) is 9.59 Å². The number of hydrogen-bond acceptors (Lipinski definition) is 5. The molecule has 1 aliphatic heterocycles. The third kappa shape index (κ3) is 3.98. The van der Waals surface area contributed by atoms with E-state index in [1.165, 1.54) is 16.2 Å². The van der Waals surface area contributed by atoms with Crippen molar-refractivity contribution in [3.8, 4) is 0 Å². The van der Waals surface area contributed by atoms with E-state index in [2.05, 4.69) is 4.98 Å². The Hall–Kier alpha value is -2.25. The van der Waals surface area contributed by atoms with Crippen LogP contribution in [0, 0.1) is 0 Å². The van der Waals surface area contributed by atoms with Gasteiger partial charge in [0.2, 0.25) is 0 Å². The van der Waals surface area contributed by atoms with Crippen molar-refractivity contribution < 1.29 is 19.4 Å². The highest BCUT2D eigenvalue weighted by Gasteiger charge is 2.25. The molecule has 0 radical (unpaired) electrons. The summed E-state index contributed by atoms with van der Waals surface area (Å²) in [6, 6.07) is 9.32. The molecular weight excluding hydrogens is 328 g/mol. The Kier molecular flexibility index (Phi) is 5.22. The van der Waals surface area contributed by atoms with Crippen LogP contribution in [0.2, 0.25) is 0 Å². The first kappa shape index (κ1) is 16.6. The third-order valence-electron chi connectivity index (χ3n) is 3.78. The minimum atomic E-state index is -1.05. The molecule has 1 aromatic heterocycles. The molecule has 1 unspecified atom stereocenters. The Bertz CT molecular complexity index is 710. The number of carbonyl (C=O) groups is 2. The van der Waals surface area contributed by atoms with Crippen molar-refractivity contribution in [2.75, 3.05) is 13.2 Å². The summed E-state index contributed by atoms with van der Waals surface area (Å²) < 4.78 is 5.58. The van der Waals surface area contributed by atoms with Crippen molar-refractivity contribution >= 4 is 23.2 Å². The van der Waals surface area contributed by atoms with Gasteiger partial charge in [-0.1, -0.05) is 30.3 Å². The molecule has 2 aromatic rings. The highest BCUT2D eigenvalue weighted by atomic mass is 32.1. The average Bonchev–Trinajstić information content (AvgIpc) is 3.25. The van der Waals surface area contributed by atoms with Crippen LogP contribution in [0.15, 0.2) is 35.7 Å². The largest absolute Gasteiger partial charge is 0.480 e. The summed E-state index contributed by atoms with van der Waals surface area (Å²) in [7, 11) is 0. The lowest BCUT2D eigenvalue weighted by atomic mass is 10.2. The lowest BCUT2D eigenvalue weighted by molar-refractivity contribution is -0.137. The van der Waals surface area contributed by atoms with Crippen molar-refractivity contribution in [2.24, 2.45) is 0 Å². The van der Waals surface area contributed by atoms with E-state index in [1.54, 1.807) is 5.38 Å². The van der Waals surface area contributed by atoms with Gasteiger partial charge in [0.25, 0.3) is 5.91 Å². The Labute approximate surface area is 143 Å². The normalized spacial score (nSPS) is 16.9. The lowest BCUT2D eigenvalue weighted by Crippen LogP contribution is -2.35. The predicted octanol–water partition coefficient (Wildman–Crippen LogP) is 2.72. The minimum Gasteiger partial charge on any atom is -0.480 e. The molecular formula is C17H18N2O4S. The number of aromatic nitrogens is 1. The molecule has 1 atom stereocenters. The van der Waals surface area contributed by atoms with Gasteiger partial charge in [-0.25, -0.2) is 4.98 Å². The Morgan fingerprint density at radius 1 is 1.33 bits per heavy atom. The maximum absolute atomic E-state index is 12.7. The topological polar surface area (TPSA) is 79.7 Å². The molecule has 1 aromatic carbocycles. The van der Waals surface area contributed by atoms with Crippen LogP contribution in [0.5, 0.6) is 0 Å². The van der Waals surface area contributed by atoms with E-state index < -0.39 is 5.97 Å². The van der Waals surface area contributed by atoms with Crippen molar-refractivity contribution in [3.05, 3.63) is 52.0 Å². The van der Waals surface area contributed by atoms with Gasteiger partial charge in [0.1, 0.15) is 23.4 Å². The van der Waals surface area contributed by atoms with Gasteiger partial charge in [-0.3, -0.25) is 9.59 Å². The fraction of sp³-hybridized carbons (Fsp3) is 0.353. The predicted molar refractivity (Wildman–Crippen MR) is 88.9 cm³/mol. The summed E-state index contributed by atoms with van der Waals surface area (Å²) in [6.07, 6.45) is 1.86. The highest BCUT2D eigenvalue weighted by Crippen LogP contribution is 2.30. The molecule has 0 saturated carbocycles. The number of rotatable bonds is 6. The molecule has 24 heavy (non-hydrogen) atoms. The van der Waals surface area contributed by atoms with Crippen LogP contribution in [0.3, 0.4) is 0 Å². The van der Waals surface area contributed by atoms with Crippen molar-refractivity contribution in [1.82, 2.24) is 9.88 Å². The van der Waals surface area contributed by atoms with Crippen LogP contribution in [0.25, 0.3) is 0 Å². The zero-order valence-corrected chi connectivity index (χ0v) is 13.9. The number of hydrogen-bond donors (Lipinski definition) is 1. The van der Waals surface area contributed by atoms with Crippen LogP contribution < -0.4 is 0 Å². The first-order valence-corrected chi connectivity index (χ1v) is 8.63. The van der Waals surface area contributed by atoms with Gasteiger partial charge in [0.15, 0.2) is 0 Å². The number of benzene rings is 1.